The zero-order chi connectivity index (χ0) is 18.8. The molecular formula is C20H25N3O3. The lowest BCUT2D eigenvalue weighted by Gasteiger charge is -2.25. The maximum Gasteiger partial charge on any atom is 0.314 e. The lowest BCUT2D eigenvalue weighted by molar-refractivity contribution is -0.118. The predicted octanol–water partition coefficient (Wildman–Crippen LogP) is 1.93. The quantitative estimate of drug-likeness (QED) is 0.601. The Balaban J connectivity index is 1.79. The van der Waals surface area contributed by atoms with Gasteiger partial charge in [0, 0.05) is 20.1 Å². The second-order valence-corrected chi connectivity index (χ2v) is 6.17. The highest BCUT2D eigenvalue weighted by Crippen LogP contribution is 2.12. The molecule has 0 aliphatic heterocycles. The number of likely N-dealkylation sites (N-methyl/N-ethyl adjacent to an activating group) is 1. The van der Waals surface area contributed by atoms with Gasteiger partial charge in [0.15, 0.2) is 0 Å². The van der Waals surface area contributed by atoms with Gasteiger partial charge < -0.3 is 20.6 Å². The molecule has 0 bridgehead atoms. The summed E-state index contributed by atoms with van der Waals surface area (Å²) in [5.41, 5.74) is 2.14. The summed E-state index contributed by atoms with van der Waals surface area (Å²) in [6.45, 7) is 0.884. The number of hydrogen-bond donors (Lipinski definition) is 3. The van der Waals surface area contributed by atoms with Crippen LogP contribution >= 0.6 is 0 Å². The van der Waals surface area contributed by atoms with E-state index in [4.69, 9.17) is 0 Å². The minimum Gasteiger partial charge on any atom is -0.508 e. The molecule has 1 atom stereocenters. The summed E-state index contributed by atoms with van der Waals surface area (Å²) < 4.78 is 0. The van der Waals surface area contributed by atoms with Gasteiger partial charge >= 0.3 is 6.03 Å². The topological polar surface area (TPSA) is 81.7 Å². The number of phenolic OH excluding ortho intramolecular Hbond substituents is 1. The maximum atomic E-state index is 12.0. The van der Waals surface area contributed by atoms with Crippen LogP contribution in [0.1, 0.15) is 11.1 Å². The highest BCUT2D eigenvalue weighted by Gasteiger charge is 2.15. The summed E-state index contributed by atoms with van der Waals surface area (Å²) in [6, 6.07) is 16.3. The van der Waals surface area contributed by atoms with Crippen LogP contribution in [-0.4, -0.2) is 48.6 Å². The van der Waals surface area contributed by atoms with Crippen LogP contribution < -0.4 is 10.6 Å². The molecule has 0 aliphatic rings. The molecule has 0 heterocycles. The van der Waals surface area contributed by atoms with Crippen molar-refractivity contribution in [3.63, 3.8) is 0 Å². The summed E-state index contributed by atoms with van der Waals surface area (Å²) in [7, 11) is 1.69. The minimum atomic E-state index is -0.254. The lowest BCUT2D eigenvalue weighted by Crippen LogP contribution is -2.46. The molecule has 2 aromatic carbocycles. The first kappa shape index (κ1) is 19.3. The van der Waals surface area contributed by atoms with E-state index in [1.165, 1.54) is 10.5 Å². The Kier molecular flexibility index (Phi) is 7.49. The Bertz CT molecular complexity index is 689. The first-order valence-electron chi connectivity index (χ1n) is 8.59. The van der Waals surface area contributed by atoms with Crippen LogP contribution in [0.25, 0.3) is 0 Å². The molecule has 3 N–H and O–H groups in total. The number of nitrogens with zero attached hydrogens (tertiary/aromatic N) is 1. The molecular weight excluding hydrogens is 330 g/mol. The third-order valence-electron chi connectivity index (χ3n) is 4.19. The smallest absolute Gasteiger partial charge is 0.314 e. The zero-order valence-electron chi connectivity index (χ0n) is 14.9. The van der Waals surface area contributed by atoms with E-state index in [1.54, 1.807) is 31.3 Å². The Morgan fingerprint density at radius 2 is 1.77 bits per heavy atom. The molecule has 2 rings (SSSR count). The Hall–Kier alpha value is -3.02. The molecule has 6 nitrogen and oxygen atoms in total. The van der Waals surface area contributed by atoms with Gasteiger partial charge in [-0.25, -0.2) is 4.79 Å². The summed E-state index contributed by atoms with van der Waals surface area (Å²) in [5.74, 6) is 0.199. The highest BCUT2D eigenvalue weighted by atomic mass is 16.3. The van der Waals surface area contributed by atoms with Crippen LogP contribution in [-0.2, 0) is 17.6 Å². The highest BCUT2D eigenvalue weighted by molar-refractivity contribution is 5.73. The number of rotatable bonds is 9. The molecule has 2 aromatic rings. The molecule has 0 fully saturated rings. The van der Waals surface area contributed by atoms with E-state index in [9.17, 15) is 14.7 Å². The van der Waals surface area contributed by atoms with Crippen molar-refractivity contribution in [2.24, 2.45) is 0 Å². The number of nitrogens with one attached hydrogen (secondary N) is 2. The Morgan fingerprint density at radius 1 is 1.08 bits per heavy atom. The number of phenols is 1. The number of hydrogen-bond acceptors (Lipinski definition) is 3. The van der Waals surface area contributed by atoms with E-state index in [0.717, 1.165) is 18.4 Å². The molecule has 0 unspecified atom stereocenters. The van der Waals surface area contributed by atoms with Crippen LogP contribution in [0, 0.1) is 0 Å². The van der Waals surface area contributed by atoms with Gasteiger partial charge in [-0.3, -0.25) is 4.79 Å². The molecule has 0 saturated carbocycles. The Labute approximate surface area is 153 Å². The largest absolute Gasteiger partial charge is 0.508 e. The fraction of sp³-hybridized carbons (Fsp3) is 0.300. The van der Waals surface area contributed by atoms with Crippen molar-refractivity contribution < 1.29 is 14.7 Å². The van der Waals surface area contributed by atoms with Crippen LogP contribution in [0.5, 0.6) is 5.75 Å². The number of urea groups is 1. The van der Waals surface area contributed by atoms with Crippen LogP contribution in [0.3, 0.4) is 0 Å². The predicted molar refractivity (Wildman–Crippen MR) is 101 cm³/mol. The summed E-state index contributed by atoms with van der Waals surface area (Å²) in [6.07, 6.45) is 2.10. The van der Waals surface area contributed by atoms with E-state index >= 15 is 0 Å². The van der Waals surface area contributed by atoms with Gasteiger partial charge in [0.1, 0.15) is 5.75 Å². The van der Waals surface area contributed by atoms with E-state index in [-0.39, 0.29) is 17.8 Å². The molecule has 0 aliphatic carbocycles. The monoisotopic (exact) mass is 355 g/mol. The van der Waals surface area contributed by atoms with E-state index < -0.39 is 0 Å². The normalized spacial score (nSPS) is 11.4. The van der Waals surface area contributed by atoms with Gasteiger partial charge in [0.2, 0.25) is 6.41 Å². The summed E-state index contributed by atoms with van der Waals surface area (Å²) in [5, 5.41) is 15.0. The molecule has 0 spiro atoms. The SMILES string of the molecule is CN(C=O)[C@H](CNC(=O)NCCc1ccccc1)Cc1ccc(O)cc1. The number of carbonyl (C=O) groups excluding carboxylic acids is 2. The van der Waals surface area contributed by atoms with Crippen molar-refractivity contribution in [3.8, 4) is 5.75 Å². The molecule has 6 heteroatoms. The van der Waals surface area contributed by atoms with Crippen LogP contribution in [0.2, 0.25) is 0 Å². The van der Waals surface area contributed by atoms with Crippen molar-refractivity contribution in [1.29, 1.82) is 0 Å². The second kappa shape index (κ2) is 10.1. The average molecular weight is 355 g/mol. The number of amides is 3. The third-order valence-corrected chi connectivity index (χ3v) is 4.19. The van der Waals surface area contributed by atoms with E-state index in [1.807, 2.05) is 30.3 Å². The molecule has 0 radical (unpaired) electrons. The van der Waals surface area contributed by atoms with Gasteiger partial charge in [-0.15, -0.1) is 0 Å². The number of carbonyl (C=O) groups is 2. The van der Waals surface area contributed by atoms with Crippen molar-refractivity contribution in [3.05, 3.63) is 65.7 Å². The third kappa shape index (κ3) is 6.47. The molecule has 0 saturated heterocycles. The van der Waals surface area contributed by atoms with Crippen LogP contribution in [0.15, 0.2) is 54.6 Å². The standard InChI is InChI=1S/C20H25N3O3/c1-23(15-24)18(13-17-7-9-19(25)10-8-17)14-22-20(26)21-12-11-16-5-3-2-4-6-16/h2-10,15,18,25H,11-14H2,1H3,(H2,21,22,26)/t18-/m0/s1. The first-order chi connectivity index (χ1) is 12.6. The van der Waals surface area contributed by atoms with Gasteiger partial charge in [0.05, 0.1) is 6.04 Å². The van der Waals surface area contributed by atoms with Crippen LogP contribution in [0.4, 0.5) is 4.79 Å². The second-order valence-electron chi connectivity index (χ2n) is 6.17. The molecule has 138 valence electrons. The summed E-state index contributed by atoms with van der Waals surface area (Å²) in [4.78, 5) is 24.6. The lowest BCUT2D eigenvalue weighted by atomic mass is 10.0. The fourth-order valence-corrected chi connectivity index (χ4v) is 2.59. The minimum absolute atomic E-state index is 0.170. The first-order valence-corrected chi connectivity index (χ1v) is 8.59. The van der Waals surface area contributed by atoms with E-state index in [0.29, 0.717) is 19.5 Å². The van der Waals surface area contributed by atoms with Crippen molar-refractivity contribution in [2.45, 2.75) is 18.9 Å². The van der Waals surface area contributed by atoms with Crippen molar-refractivity contribution in [2.75, 3.05) is 20.1 Å². The molecule has 3 amide bonds. The Morgan fingerprint density at radius 3 is 2.42 bits per heavy atom. The van der Waals surface area contributed by atoms with Crippen molar-refractivity contribution in [1.82, 2.24) is 15.5 Å². The molecule has 0 aromatic heterocycles. The van der Waals surface area contributed by atoms with Gasteiger partial charge in [-0.1, -0.05) is 42.5 Å². The van der Waals surface area contributed by atoms with Gasteiger partial charge in [-0.2, -0.15) is 0 Å². The maximum absolute atomic E-state index is 12.0. The average Bonchev–Trinajstić information content (AvgIpc) is 2.67. The summed E-state index contributed by atoms with van der Waals surface area (Å²) >= 11 is 0. The fourth-order valence-electron chi connectivity index (χ4n) is 2.59. The number of benzene rings is 2. The van der Waals surface area contributed by atoms with Crippen molar-refractivity contribution >= 4 is 12.4 Å². The van der Waals surface area contributed by atoms with E-state index in [2.05, 4.69) is 10.6 Å². The number of aromatic hydroxyl groups is 1. The zero-order valence-corrected chi connectivity index (χ0v) is 14.9. The van der Waals surface area contributed by atoms with Gasteiger partial charge in [-0.05, 0) is 36.1 Å². The molecule has 26 heavy (non-hydrogen) atoms. The van der Waals surface area contributed by atoms with Gasteiger partial charge in [0.25, 0.3) is 0 Å².